The lowest BCUT2D eigenvalue weighted by atomic mass is 10.1. The Morgan fingerprint density at radius 1 is 1.09 bits per heavy atom. The number of aromatic nitrogens is 6. The van der Waals surface area contributed by atoms with Crippen molar-refractivity contribution in [1.29, 1.82) is 0 Å². The fourth-order valence-corrected chi connectivity index (χ4v) is 4.05. The van der Waals surface area contributed by atoms with Gasteiger partial charge in [0.2, 0.25) is 0 Å². The molecule has 1 aliphatic rings. The van der Waals surface area contributed by atoms with Crippen molar-refractivity contribution in [2.45, 2.75) is 38.0 Å². The first kappa shape index (κ1) is 21.0. The van der Waals surface area contributed by atoms with Crippen molar-refractivity contribution < 1.29 is 4.74 Å². The molecule has 1 saturated carbocycles. The number of hydrogen-bond acceptors (Lipinski definition) is 7. The summed E-state index contributed by atoms with van der Waals surface area (Å²) in [6.45, 7) is 0.335. The molecular formula is C24H25N7O2. The summed E-state index contributed by atoms with van der Waals surface area (Å²) in [5.74, 6) is 1.21. The van der Waals surface area contributed by atoms with Crippen LogP contribution in [0.3, 0.4) is 0 Å². The van der Waals surface area contributed by atoms with Gasteiger partial charge in [0.1, 0.15) is 6.10 Å². The van der Waals surface area contributed by atoms with E-state index < -0.39 is 0 Å². The molecule has 2 unspecified atom stereocenters. The van der Waals surface area contributed by atoms with Crippen LogP contribution in [0.1, 0.15) is 24.8 Å². The van der Waals surface area contributed by atoms with E-state index in [1.165, 1.54) is 10.7 Å². The SMILES string of the molecule is Cn1cc(-c2ccc(=O)n(Cc3cccc(-c4ncc(OC5CCCC5N)cn4)c3)n2)cn1. The molecule has 1 fully saturated rings. The Bertz CT molecular complexity index is 1310. The van der Waals surface area contributed by atoms with Gasteiger partial charge >= 0.3 is 0 Å². The maximum Gasteiger partial charge on any atom is 0.267 e. The monoisotopic (exact) mass is 443 g/mol. The minimum Gasteiger partial charge on any atom is -0.486 e. The Morgan fingerprint density at radius 2 is 1.94 bits per heavy atom. The average molecular weight is 444 g/mol. The van der Waals surface area contributed by atoms with Gasteiger partial charge in [-0.25, -0.2) is 14.6 Å². The van der Waals surface area contributed by atoms with Crippen molar-refractivity contribution in [1.82, 2.24) is 29.5 Å². The van der Waals surface area contributed by atoms with Crippen molar-refractivity contribution in [3.8, 4) is 28.4 Å². The lowest BCUT2D eigenvalue weighted by Crippen LogP contribution is -2.33. The third kappa shape index (κ3) is 4.68. The standard InChI is InChI=1S/C24H25N7O2/c1-30-15-18(11-28-30)21-8-9-23(32)31(29-21)14-16-4-2-5-17(10-16)24-26-12-19(13-27-24)33-22-7-3-6-20(22)25/h2,4-5,8-13,15,20,22H,3,6-7,14,25H2,1H3. The fraction of sp³-hybridized carbons (Fsp3) is 0.292. The molecule has 0 radical (unpaired) electrons. The molecule has 3 heterocycles. The average Bonchev–Trinajstić information content (AvgIpc) is 3.44. The third-order valence-corrected chi connectivity index (χ3v) is 5.80. The lowest BCUT2D eigenvalue weighted by molar-refractivity contribution is 0.190. The second kappa shape index (κ2) is 8.95. The Hall–Kier alpha value is -3.85. The smallest absolute Gasteiger partial charge is 0.267 e. The van der Waals surface area contributed by atoms with E-state index in [1.54, 1.807) is 29.3 Å². The third-order valence-electron chi connectivity index (χ3n) is 5.80. The molecule has 0 saturated heterocycles. The fourth-order valence-electron chi connectivity index (χ4n) is 4.05. The lowest BCUT2D eigenvalue weighted by Gasteiger charge is -2.17. The van der Waals surface area contributed by atoms with Crippen molar-refractivity contribution in [2.75, 3.05) is 0 Å². The van der Waals surface area contributed by atoms with E-state index in [1.807, 2.05) is 37.5 Å². The van der Waals surface area contributed by atoms with Crippen LogP contribution < -0.4 is 16.0 Å². The van der Waals surface area contributed by atoms with Gasteiger partial charge in [0.15, 0.2) is 11.6 Å². The number of nitrogens with zero attached hydrogens (tertiary/aromatic N) is 6. The van der Waals surface area contributed by atoms with Gasteiger partial charge in [0.25, 0.3) is 5.56 Å². The predicted octanol–water partition coefficient (Wildman–Crippen LogP) is 2.41. The van der Waals surface area contributed by atoms with Gasteiger partial charge in [-0.05, 0) is 37.0 Å². The van der Waals surface area contributed by atoms with Gasteiger partial charge in [-0.1, -0.05) is 18.2 Å². The van der Waals surface area contributed by atoms with Crippen LogP contribution >= 0.6 is 0 Å². The molecule has 0 amide bonds. The summed E-state index contributed by atoms with van der Waals surface area (Å²) in [6.07, 6.45) is 10.0. The Labute approximate surface area is 190 Å². The first-order chi connectivity index (χ1) is 16.0. The van der Waals surface area contributed by atoms with E-state index in [0.717, 1.165) is 36.0 Å². The van der Waals surface area contributed by atoms with Gasteiger partial charge in [0.05, 0.1) is 30.8 Å². The Morgan fingerprint density at radius 3 is 2.67 bits per heavy atom. The Kier molecular flexibility index (Phi) is 5.70. The first-order valence-corrected chi connectivity index (χ1v) is 11.0. The Balaban J connectivity index is 1.34. The summed E-state index contributed by atoms with van der Waals surface area (Å²) in [6, 6.07) is 11.1. The molecule has 9 heteroatoms. The minimum atomic E-state index is -0.170. The molecule has 2 atom stereocenters. The molecule has 2 N–H and O–H groups in total. The van der Waals surface area contributed by atoms with Gasteiger partial charge in [0, 0.05) is 36.5 Å². The number of benzene rings is 1. The highest BCUT2D eigenvalue weighted by Gasteiger charge is 2.25. The van der Waals surface area contributed by atoms with Crippen LogP contribution in [0.15, 0.2) is 66.0 Å². The van der Waals surface area contributed by atoms with E-state index in [0.29, 0.717) is 23.8 Å². The van der Waals surface area contributed by atoms with Crippen molar-refractivity contribution >= 4 is 0 Å². The minimum absolute atomic E-state index is 0.0241. The molecule has 0 spiro atoms. The van der Waals surface area contributed by atoms with Crippen LogP contribution in [0.2, 0.25) is 0 Å². The number of nitrogens with two attached hydrogens (primary N) is 1. The summed E-state index contributed by atoms with van der Waals surface area (Å²) in [5.41, 5.74) is 9.24. The maximum atomic E-state index is 12.4. The maximum absolute atomic E-state index is 12.4. The van der Waals surface area contributed by atoms with Gasteiger partial charge < -0.3 is 10.5 Å². The molecule has 5 rings (SSSR count). The highest BCUT2D eigenvalue weighted by atomic mass is 16.5. The largest absolute Gasteiger partial charge is 0.486 e. The van der Waals surface area contributed by atoms with Crippen LogP contribution in [-0.4, -0.2) is 41.7 Å². The van der Waals surface area contributed by atoms with Crippen molar-refractivity contribution in [3.63, 3.8) is 0 Å². The normalized spacial score (nSPS) is 17.9. The quantitative estimate of drug-likeness (QED) is 0.487. The highest BCUT2D eigenvalue weighted by Crippen LogP contribution is 2.24. The summed E-state index contributed by atoms with van der Waals surface area (Å²) >= 11 is 0. The number of hydrogen-bond donors (Lipinski definition) is 1. The molecular weight excluding hydrogens is 418 g/mol. The zero-order valence-electron chi connectivity index (χ0n) is 18.3. The van der Waals surface area contributed by atoms with E-state index in [4.69, 9.17) is 10.5 Å². The van der Waals surface area contributed by atoms with E-state index in [-0.39, 0.29) is 17.7 Å². The highest BCUT2D eigenvalue weighted by molar-refractivity contribution is 5.57. The van der Waals surface area contributed by atoms with E-state index >= 15 is 0 Å². The molecule has 1 aromatic carbocycles. The number of aryl methyl sites for hydroxylation is 1. The summed E-state index contributed by atoms with van der Waals surface area (Å²) < 4.78 is 9.09. The second-order valence-electron chi connectivity index (χ2n) is 8.31. The zero-order valence-corrected chi connectivity index (χ0v) is 18.3. The molecule has 4 aromatic rings. The molecule has 0 aliphatic heterocycles. The molecule has 33 heavy (non-hydrogen) atoms. The molecule has 1 aliphatic carbocycles. The van der Waals surface area contributed by atoms with E-state index in [9.17, 15) is 4.79 Å². The van der Waals surface area contributed by atoms with Crippen LogP contribution in [0.25, 0.3) is 22.6 Å². The van der Waals surface area contributed by atoms with Crippen LogP contribution in [-0.2, 0) is 13.6 Å². The molecule has 9 nitrogen and oxygen atoms in total. The first-order valence-electron chi connectivity index (χ1n) is 11.0. The van der Waals surface area contributed by atoms with Gasteiger partial charge in [-0.15, -0.1) is 0 Å². The summed E-state index contributed by atoms with van der Waals surface area (Å²) in [7, 11) is 1.84. The van der Waals surface area contributed by atoms with Crippen LogP contribution in [0, 0.1) is 0 Å². The second-order valence-corrected chi connectivity index (χ2v) is 8.31. The zero-order chi connectivity index (χ0) is 22.8. The molecule has 0 bridgehead atoms. The predicted molar refractivity (Wildman–Crippen MR) is 124 cm³/mol. The topological polar surface area (TPSA) is 114 Å². The summed E-state index contributed by atoms with van der Waals surface area (Å²) in [4.78, 5) is 21.3. The molecule has 168 valence electrons. The molecule has 3 aromatic heterocycles. The van der Waals surface area contributed by atoms with E-state index in [2.05, 4.69) is 20.2 Å². The summed E-state index contributed by atoms with van der Waals surface area (Å²) in [5, 5.41) is 8.69. The van der Waals surface area contributed by atoms with Gasteiger partial charge in [-0.2, -0.15) is 10.2 Å². The van der Waals surface area contributed by atoms with Crippen LogP contribution in [0.4, 0.5) is 0 Å². The van der Waals surface area contributed by atoms with Gasteiger partial charge in [-0.3, -0.25) is 9.48 Å². The number of rotatable bonds is 6. The number of ether oxygens (including phenoxy) is 1. The van der Waals surface area contributed by atoms with Crippen molar-refractivity contribution in [2.24, 2.45) is 12.8 Å². The van der Waals surface area contributed by atoms with Crippen LogP contribution in [0.5, 0.6) is 5.75 Å². The van der Waals surface area contributed by atoms with Crippen molar-refractivity contribution in [3.05, 3.63) is 77.1 Å².